The minimum absolute atomic E-state index is 0.141. The second-order valence-corrected chi connectivity index (χ2v) is 6.61. The number of hydrogen-bond acceptors (Lipinski definition) is 4. The molecular formula is C12H17NO4S. The fourth-order valence-corrected chi connectivity index (χ4v) is 3.58. The second kappa shape index (κ2) is 4.53. The second-order valence-electron chi connectivity index (χ2n) is 4.67. The maximum absolute atomic E-state index is 12.1. The van der Waals surface area contributed by atoms with Gasteiger partial charge in [-0.3, -0.25) is 0 Å². The molecule has 1 aliphatic rings. The molecule has 0 aromatic heterocycles. The van der Waals surface area contributed by atoms with E-state index in [9.17, 15) is 13.5 Å². The van der Waals surface area contributed by atoms with Crippen LogP contribution in [-0.2, 0) is 10.0 Å². The molecule has 1 fully saturated rings. The molecule has 0 radical (unpaired) electrons. The lowest BCUT2D eigenvalue weighted by Gasteiger charge is -2.42. The Bertz CT molecular complexity index is 514. The molecule has 1 N–H and O–H groups in total. The first kappa shape index (κ1) is 13.3. The summed E-state index contributed by atoms with van der Waals surface area (Å²) in [5, 5.41) is 9.58. The maximum Gasteiger partial charge on any atom is 0.243 e. The normalized spacial score (nSPS) is 19.3. The van der Waals surface area contributed by atoms with Crippen LogP contribution in [0.1, 0.15) is 13.8 Å². The molecule has 0 bridgehead atoms. The molecule has 1 aromatic carbocycles. The molecule has 0 atom stereocenters. The molecule has 2 rings (SSSR count). The molecule has 0 saturated carbocycles. The summed E-state index contributed by atoms with van der Waals surface area (Å²) < 4.78 is 30.8. The molecule has 5 nitrogen and oxygen atoms in total. The maximum atomic E-state index is 12.1. The van der Waals surface area contributed by atoms with E-state index in [-0.39, 0.29) is 18.0 Å². The largest absolute Gasteiger partial charge is 0.494 e. The van der Waals surface area contributed by atoms with E-state index in [0.29, 0.717) is 12.4 Å². The van der Waals surface area contributed by atoms with Crippen LogP contribution in [0, 0.1) is 0 Å². The van der Waals surface area contributed by atoms with Crippen molar-refractivity contribution in [1.82, 2.24) is 4.31 Å². The third kappa shape index (κ3) is 2.50. The standard InChI is InChI=1S/C12H17NO4S/c1-3-17-10-4-6-11(7-5-10)18(15,16)13-8-12(2,14)9-13/h4-7,14H,3,8-9H2,1-2H3. The van der Waals surface area contributed by atoms with Crippen molar-refractivity contribution in [3.8, 4) is 5.75 Å². The third-order valence-electron chi connectivity index (χ3n) is 2.81. The fraction of sp³-hybridized carbons (Fsp3) is 0.500. The fourth-order valence-electron chi connectivity index (χ4n) is 1.91. The van der Waals surface area contributed by atoms with E-state index in [1.807, 2.05) is 6.92 Å². The molecule has 0 unspecified atom stereocenters. The zero-order valence-corrected chi connectivity index (χ0v) is 11.3. The predicted molar refractivity (Wildman–Crippen MR) is 67.0 cm³/mol. The van der Waals surface area contributed by atoms with Crippen LogP contribution in [0.25, 0.3) is 0 Å². The summed E-state index contributed by atoms with van der Waals surface area (Å²) in [6.07, 6.45) is 0. The van der Waals surface area contributed by atoms with Gasteiger partial charge in [-0.2, -0.15) is 4.31 Å². The first-order chi connectivity index (χ1) is 8.35. The van der Waals surface area contributed by atoms with Crippen molar-refractivity contribution in [1.29, 1.82) is 0 Å². The van der Waals surface area contributed by atoms with Gasteiger partial charge in [0.1, 0.15) is 5.75 Å². The van der Waals surface area contributed by atoms with Gasteiger partial charge >= 0.3 is 0 Å². The van der Waals surface area contributed by atoms with E-state index in [4.69, 9.17) is 4.74 Å². The van der Waals surface area contributed by atoms with Gasteiger partial charge in [-0.15, -0.1) is 0 Å². The van der Waals surface area contributed by atoms with Crippen LogP contribution in [0.3, 0.4) is 0 Å². The summed E-state index contributed by atoms with van der Waals surface area (Å²) in [5.41, 5.74) is -0.904. The van der Waals surface area contributed by atoms with E-state index in [0.717, 1.165) is 0 Å². The van der Waals surface area contributed by atoms with Crippen molar-refractivity contribution in [2.45, 2.75) is 24.3 Å². The Labute approximate surface area is 107 Å². The summed E-state index contributed by atoms with van der Waals surface area (Å²) >= 11 is 0. The predicted octanol–water partition coefficient (Wildman–Crippen LogP) is 0.841. The van der Waals surface area contributed by atoms with Crippen LogP contribution in [0.4, 0.5) is 0 Å². The number of sulfonamides is 1. The van der Waals surface area contributed by atoms with Crippen molar-refractivity contribution in [3.63, 3.8) is 0 Å². The highest BCUT2D eigenvalue weighted by Gasteiger charge is 2.43. The van der Waals surface area contributed by atoms with Gasteiger partial charge < -0.3 is 9.84 Å². The number of β-amino-alcohol motifs (C(OH)–C–C–N with tert-alkyl or cyclic N) is 1. The van der Waals surface area contributed by atoms with Crippen LogP contribution >= 0.6 is 0 Å². The van der Waals surface area contributed by atoms with Crippen LogP contribution in [0.5, 0.6) is 5.75 Å². The number of aliphatic hydroxyl groups is 1. The van der Waals surface area contributed by atoms with E-state index in [1.54, 1.807) is 19.1 Å². The van der Waals surface area contributed by atoms with Crippen LogP contribution in [0.15, 0.2) is 29.2 Å². The van der Waals surface area contributed by atoms with Crippen molar-refractivity contribution in [3.05, 3.63) is 24.3 Å². The van der Waals surface area contributed by atoms with Crippen LogP contribution < -0.4 is 4.74 Å². The van der Waals surface area contributed by atoms with Gasteiger partial charge in [0.2, 0.25) is 10.0 Å². The molecule has 1 heterocycles. The highest BCUT2D eigenvalue weighted by molar-refractivity contribution is 7.89. The number of nitrogens with zero attached hydrogens (tertiary/aromatic N) is 1. The van der Waals surface area contributed by atoms with Crippen molar-refractivity contribution in [2.24, 2.45) is 0 Å². The quantitative estimate of drug-likeness (QED) is 0.881. The molecule has 0 aliphatic carbocycles. The Morgan fingerprint density at radius 1 is 1.33 bits per heavy atom. The summed E-state index contributed by atoms with van der Waals surface area (Å²) in [7, 11) is -3.49. The highest BCUT2D eigenvalue weighted by Crippen LogP contribution is 2.28. The number of ether oxygens (including phenoxy) is 1. The topological polar surface area (TPSA) is 66.8 Å². The molecule has 0 spiro atoms. The van der Waals surface area contributed by atoms with Gasteiger partial charge in [0.15, 0.2) is 0 Å². The zero-order chi connectivity index (χ0) is 13.4. The monoisotopic (exact) mass is 271 g/mol. The number of hydrogen-bond donors (Lipinski definition) is 1. The lowest BCUT2D eigenvalue weighted by Crippen LogP contribution is -2.61. The van der Waals surface area contributed by atoms with Crippen molar-refractivity contribution >= 4 is 10.0 Å². The van der Waals surface area contributed by atoms with Gasteiger partial charge in [-0.05, 0) is 38.1 Å². The van der Waals surface area contributed by atoms with Crippen LogP contribution in [-0.4, -0.2) is 43.1 Å². The Balaban J connectivity index is 2.16. The molecule has 1 saturated heterocycles. The third-order valence-corrected chi connectivity index (χ3v) is 4.61. The Morgan fingerprint density at radius 2 is 1.89 bits per heavy atom. The highest BCUT2D eigenvalue weighted by atomic mass is 32.2. The molecule has 0 amide bonds. The van der Waals surface area contributed by atoms with Crippen molar-refractivity contribution < 1.29 is 18.3 Å². The summed E-state index contributed by atoms with van der Waals surface area (Å²) in [5.74, 6) is 0.645. The first-order valence-electron chi connectivity index (χ1n) is 5.80. The summed E-state index contributed by atoms with van der Waals surface area (Å²) in [6, 6.07) is 6.31. The van der Waals surface area contributed by atoms with Gasteiger partial charge in [0.05, 0.1) is 17.1 Å². The van der Waals surface area contributed by atoms with Crippen molar-refractivity contribution in [2.75, 3.05) is 19.7 Å². The lowest BCUT2D eigenvalue weighted by molar-refractivity contribution is -0.0426. The Morgan fingerprint density at radius 3 is 2.33 bits per heavy atom. The van der Waals surface area contributed by atoms with Gasteiger partial charge in [-0.25, -0.2) is 8.42 Å². The molecular weight excluding hydrogens is 254 g/mol. The number of benzene rings is 1. The van der Waals surface area contributed by atoms with Gasteiger partial charge in [0.25, 0.3) is 0 Å². The van der Waals surface area contributed by atoms with E-state index >= 15 is 0 Å². The minimum atomic E-state index is -3.49. The molecule has 1 aliphatic heterocycles. The van der Waals surface area contributed by atoms with E-state index in [1.165, 1.54) is 16.4 Å². The SMILES string of the molecule is CCOc1ccc(S(=O)(=O)N2CC(C)(O)C2)cc1. The Kier molecular flexibility index (Phi) is 3.35. The van der Waals surface area contributed by atoms with Crippen LogP contribution in [0.2, 0.25) is 0 Å². The Hall–Kier alpha value is -1.11. The first-order valence-corrected chi connectivity index (χ1v) is 7.24. The average Bonchev–Trinajstić information content (AvgIpc) is 2.27. The van der Waals surface area contributed by atoms with Gasteiger partial charge in [-0.1, -0.05) is 0 Å². The summed E-state index contributed by atoms with van der Waals surface area (Å²) in [4.78, 5) is 0.224. The summed E-state index contributed by atoms with van der Waals surface area (Å²) in [6.45, 7) is 4.32. The zero-order valence-electron chi connectivity index (χ0n) is 10.5. The number of rotatable bonds is 4. The molecule has 6 heteroatoms. The van der Waals surface area contributed by atoms with E-state index < -0.39 is 15.6 Å². The van der Waals surface area contributed by atoms with Gasteiger partial charge in [0, 0.05) is 13.1 Å². The minimum Gasteiger partial charge on any atom is -0.494 e. The molecule has 100 valence electrons. The van der Waals surface area contributed by atoms with E-state index in [2.05, 4.69) is 0 Å². The molecule has 1 aromatic rings. The lowest BCUT2D eigenvalue weighted by atomic mass is 10.0. The molecule has 18 heavy (non-hydrogen) atoms. The average molecular weight is 271 g/mol. The smallest absolute Gasteiger partial charge is 0.243 e.